The quantitative estimate of drug-likeness (QED) is 0.778. The molecule has 2 fully saturated rings. The molecular weight excluding hydrogens is 393 g/mol. The zero-order valence-electron chi connectivity index (χ0n) is 15.8. The maximum Gasteiger partial charge on any atom is 0.242 e. The fourth-order valence-corrected chi connectivity index (χ4v) is 4.26. The first kappa shape index (κ1) is 19.4. The van der Waals surface area contributed by atoms with Gasteiger partial charge in [0.2, 0.25) is 11.8 Å². The number of carbonyl (C=O) groups is 2. The summed E-state index contributed by atoms with van der Waals surface area (Å²) in [5, 5.41) is 2.82. The first-order chi connectivity index (χ1) is 14.0. The highest BCUT2D eigenvalue weighted by atomic mass is 32.2. The largest absolute Gasteiger partial charge is 0.497 e. The van der Waals surface area contributed by atoms with Gasteiger partial charge in [0.25, 0.3) is 0 Å². The SMILES string of the molecule is COc1ccc(N=C2S[C@H](CC(=O)Nc3ccc(F)cc3)C(=O)N2C2CC2)cc1. The molecule has 1 saturated carbocycles. The number of aliphatic imine (C=N–C) groups is 1. The molecule has 0 radical (unpaired) electrons. The van der Waals surface area contributed by atoms with E-state index in [9.17, 15) is 14.0 Å². The predicted molar refractivity (Wildman–Crippen MR) is 111 cm³/mol. The third-order valence-corrected chi connectivity index (χ3v) is 5.83. The van der Waals surface area contributed by atoms with Gasteiger partial charge in [-0.2, -0.15) is 0 Å². The highest BCUT2D eigenvalue weighted by molar-refractivity contribution is 8.15. The van der Waals surface area contributed by atoms with E-state index in [1.54, 1.807) is 12.0 Å². The molecule has 6 nitrogen and oxygen atoms in total. The molecule has 0 aromatic heterocycles. The summed E-state index contributed by atoms with van der Waals surface area (Å²) in [5.41, 5.74) is 1.22. The normalized spacial score (nSPS) is 20.2. The lowest BCUT2D eigenvalue weighted by Crippen LogP contribution is -2.35. The van der Waals surface area contributed by atoms with Crippen molar-refractivity contribution in [2.24, 2.45) is 4.99 Å². The number of hydrogen-bond donors (Lipinski definition) is 1. The van der Waals surface area contributed by atoms with E-state index in [4.69, 9.17) is 4.74 Å². The van der Waals surface area contributed by atoms with Crippen molar-refractivity contribution in [3.8, 4) is 5.75 Å². The van der Waals surface area contributed by atoms with Crippen LogP contribution in [0, 0.1) is 5.82 Å². The lowest BCUT2D eigenvalue weighted by Gasteiger charge is -2.15. The van der Waals surface area contributed by atoms with Gasteiger partial charge in [0.05, 0.1) is 12.8 Å². The van der Waals surface area contributed by atoms with E-state index in [1.165, 1.54) is 36.0 Å². The minimum absolute atomic E-state index is 0.0335. The molecule has 1 atom stereocenters. The van der Waals surface area contributed by atoms with Crippen molar-refractivity contribution in [2.75, 3.05) is 12.4 Å². The first-order valence-electron chi connectivity index (χ1n) is 9.31. The minimum Gasteiger partial charge on any atom is -0.497 e. The summed E-state index contributed by atoms with van der Waals surface area (Å²) < 4.78 is 18.2. The molecule has 29 heavy (non-hydrogen) atoms. The van der Waals surface area contributed by atoms with E-state index in [2.05, 4.69) is 10.3 Å². The molecular formula is C21H20FN3O3S. The number of thioether (sulfide) groups is 1. The van der Waals surface area contributed by atoms with Crippen molar-refractivity contribution >= 4 is 40.1 Å². The number of hydrogen-bond acceptors (Lipinski definition) is 5. The topological polar surface area (TPSA) is 71.0 Å². The monoisotopic (exact) mass is 413 g/mol. The average Bonchev–Trinajstić information content (AvgIpc) is 3.50. The van der Waals surface area contributed by atoms with Gasteiger partial charge in [0.15, 0.2) is 5.17 Å². The summed E-state index contributed by atoms with van der Waals surface area (Å²) >= 11 is 1.32. The fraction of sp³-hybridized carbons (Fsp3) is 0.286. The van der Waals surface area contributed by atoms with Gasteiger partial charge in [-0.15, -0.1) is 0 Å². The molecule has 2 aromatic carbocycles. The van der Waals surface area contributed by atoms with Crippen LogP contribution in [0.3, 0.4) is 0 Å². The highest BCUT2D eigenvalue weighted by Gasteiger charge is 2.46. The lowest BCUT2D eigenvalue weighted by atomic mass is 10.2. The zero-order chi connectivity index (χ0) is 20.4. The second kappa shape index (κ2) is 8.24. The molecule has 1 heterocycles. The van der Waals surface area contributed by atoms with Crippen molar-refractivity contribution in [2.45, 2.75) is 30.6 Å². The van der Waals surface area contributed by atoms with Crippen LogP contribution in [0.5, 0.6) is 5.75 Å². The number of nitrogens with zero attached hydrogens (tertiary/aromatic N) is 2. The number of methoxy groups -OCH3 is 1. The first-order valence-corrected chi connectivity index (χ1v) is 10.2. The standard InChI is InChI=1S/C21H20FN3O3S/c1-28-17-10-6-15(7-11-17)24-21-25(16-8-9-16)20(27)18(29-21)12-19(26)23-14-4-2-13(22)3-5-14/h2-7,10-11,16,18H,8-9,12H2,1H3,(H,23,26)/t18-/m1/s1. The Labute approximate surface area is 172 Å². The highest BCUT2D eigenvalue weighted by Crippen LogP contribution is 2.39. The van der Waals surface area contributed by atoms with Gasteiger partial charge in [-0.1, -0.05) is 11.8 Å². The smallest absolute Gasteiger partial charge is 0.242 e. The number of amidine groups is 1. The summed E-state index contributed by atoms with van der Waals surface area (Å²) in [6.07, 6.45) is 1.93. The summed E-state index contributed by atoms with van der Waals surface area (Å²) in [4.78, 5) is 31.6. The van der Waals surface area contributed by atoms with Gasteiger partial charge in [-0.25, -0.2) is 9.38 Å². The van der Waals surface area contributed by atoms with Crippen LogP contribution in [0.4, 0.5) is 15.8 Å². The van der Waals surface area contributed by atoms with Crippen LogP contribution in [-0.4, -0.2) is 40.3 Å². The predicted octanol–water partition coefficient (Wildman–Crippen LogP) is 3.96. The summed E-state index contributed by atoms with van der Waals surface area (Å²) in [5.74, 6) is -0.00889. The number of amides is 2. The average molecular weight is 413 g/mol. The zero-order valence-corrected chi connectivity index (χ0v) is 16.6. The molecule has 2 aliphatic rings. The molecule has 1 N–H and O–H groups in total. The Hall–Kier alpha value is -2.87. The van der Waals surface area contributed by atoms with Gasteiger partial charge in [0.1, 0.15) is 16.8 Å². The summed E-state index contributed by atoms with van der Waals surface area (Å²) in [6, 6.07) is 13.0. The second-order valence-corrected chi connectivity index (χ2v) is 8.07. The number of halogens is 1. The number of rotatable bonds is 6. The summed E-state index contributed by atoms with van der Waals surface area (Å²) in [7, 11) is 1.60. The van der Waals surface area contributed by atoms with Crippen LogP contribution in [0.1, 0.15) is 19.3 Å². The number of ether oxygens (including phenoxy) is 1. The fourth-order valence-electron chi connectivity index (χ4n) is 3.04. The molecule has 2 amide bonds. The van der Waals surface area contributed by atoms with Gasteiger partial charge in [0, 0.05) is 18.2 Å². The van der Waals surface area contributed by atoms with Crippen molar-refractivity contribution in [3.05, 3.63) is 54.3 Å². The molecule has 1 aliphatic heterocycles. The van der Waals surface area contributed by atoms with Crippen molar-refractivity contribution in [3.63, 3.8) is 0 Å². The third-order valence-electron chi connectivity index (χ3n) is 4.67. The molecule has 8 heteroatoms. The Balaban J connectivity index is 1.47. The Morgan fingerprint density at radius 1 is 1.21 bits per heavy atom. The Morgan fingerprint density at radius 3 is 2.52 bits per heavy atom. The minimum atomic E-state index is -0.520. The number of nitrogens with one attached hydrogen (secondary N) is 1. The van der Waals surface area contributed by atoms with Gasteiger partial charge in [-0.05, 0) is 61.4 Å². The number of carbonyl (C=O) groups excluding carboxylic acids is 2. The van der Waals surface area contributed by atoms with Crippen molar-refractivity contribution < 1.29 is 18.7 Å². The van der Waals surface area contributed by atoms with Crippen LogP contribution in [0.2, 0.25) is 0 Å². The molecule has 150 valence electrons. The summed E-state index contributed by atoms with van der Waals surface area (Å²) in [6.45, 7) is 0. The van der Waals surface area contributed by atoms with E-state index < -0.39 is 5.25 Å². The Kier molecular flexibility index (Phi) is 5.53. The van der Waals surface area contributed by atoms with E-state index in [1.807, 2.05) is 24.3 Å². The Morgan fingerprint density at radius 2 is 1.90 bits per heavy atom. The maximum atomic E-state index is 13.0. The van der Waals surface area contributed by atoms with Crippen LogP contribution in [0.15, 0.2) is 53.5 Å². The van der Waals surface area contributed by atoms with Crippen LogP contribution in [0.25, 0.3) is 0 Å². The van der Waals surface area contributed by atoms with E-state index >= 15 is 0 Å². The van der Waals surface area contributed by atoms with E-state index in [-0.39, 0.29) is 30.1 Å². The number of anilines is 1. The van der Waals surface area contributed by atoms with Crippen molar-refractivity contribution in [1.82, 2.24) is 4.90 Å². The van der Waals surface area contributed by atoms with Crippen molar-refractivity contribution in [1.29, 1.82) is 0 Å². The molecule has 0 bridgehead atoms. The van der Waals surface area contributed by atoms with Gasteiger partial charge < -0.3 is 10.1 Å². The van der Waals surface area contributed by atoms with Gasteiger partial charge >= 0.3 is 0 Å². The van der Waals surface area contributed by atoms with Crippen LogP contribution < -0.4 is 10.1 Å². The van der Waals surface area contributed by atoms with E-state index in [0.29, 0.717) is 10.9 Å². The third kappa shape index (κ3) is 4.59. The molecule has 2 aromatic rings. The van der Waals surface area contributed by atoms with E-state index in [0.717, 1.165) is 24.3 Å². The molecule has 0 spiro atoms. The lowest BCUT2D eigenvalue weighted by molar-refractivity contribution is -0.128. The molecule has 0 unspecified atom stereocenters. The molecule has 1 saturated heterocycles. The van der Waals surface area contributed by atoms with Gasteiger partial charge in [-0.3, -0.25) is 14.5 Å². The second-order valence-electron chi connectivity index (χ2n) is 6.90. The van der Waals surface area contributed by atoms with Crippen LogP contribution in [-0.2, 0) is 9.59 Å². The maximum absolute atomic E-state index is 13.0. The Bertz CT molecular complexity index is 943. The van der Waals surface area contributed by atoms with Crippen LogP contribution >= 0.6 is 11.8 Å². The molecule has 4 rings (SSSR count). The number of benzene rings is 2. The molecule has 1 aliphatic carbocycles.